The highest BCUT2D eigenvalue weighted by molar-refractivity contribution is 5.81. The molecule has 160 valence electrons. The maximum Gasteiger partial charge on any atom is 0.224 e. The van der Waals surface area contributed by atoms with E-state index < -0.39 is 0 Å². The molecule has 0 radical (unpaired) electrons. The minimum Gasteiger partial charge on any atom is -0.356 e. The van der Waals surface area contributed by atoms with E-state index in [2.05, 4.69) is 17.6 Å². The van der Waals surface area contributed by atoms with Crippen molar-refractivity contribution >= 4 is 17.7 Å². The van der Waals surface area contributed by atoms with Gasteiger partial charge < -0.3 is 15.5 Å². The van der Waals surface area contributed by atoms with E-state index in [0.29, 0.717) is 25.9 Å². The Bertz CT molecular complexity index is 679. The van der Waals surface area contributed by atoms with E-state index in [0.717, 1.165) is 36.9 Å². The van der Waals surface area contributed by atoms with Crippen LogP contribution in [0.1, 0.15) is 69.5 Å². The Morgan fingerprint density at radius 1 is 1.10 bits per heavy atom. The molecule has 3 amide bonds. The molecule has 1 atom stereocenters. The number of unbranched alkanes of at least 4 members (excludes halogenated alkanes) is 2. The van der Waals surface area contributed by atoms with Crippen molar-refractivity contribution in [3.8, 4) is 0 Å². The SMILES string of the molecule is CCCCCNC(=O)C1CCN(C(=O)CC(NC(C)=O)c2ccc(C)cc2)CC1. The monoisotopic (exact) mass is 401 g/mol. The summed E-state index contributed by atoms with van der Waals surface area (Å²) in [6.07, 6.45) is 4.91. The normalized spacial score (nSPS) is 15.6. The second kappa shape index (κ2) is 11.6. The van der Waals surface area contributed by atoms with E-state index >= 15 is 0 Å². The van der Waals surface area contributed by atoms with E-state index in [4.69, 9.17) is 0 Å². The molecule has 2 N–H and O–H groups in total. The lowest BCUT2D eigenvalue weighted by molar-refractivity contribution is -0.136. The number of nitrogens with zero attached hydrogens (tertiary/aromatic N) is 1. The molecule has 2 rings (SSSR count). The van der Waals surface area contributed by atoms with Crippen LogP contribution in [0, 0.1) is 12.8 Å². The largest absolute Gasteiger partial charge is 0.356 e. The molecular formula is C23H35N3O3. The Hall–Kier alpha value is -2.37. The number of amides is 3. The number of hydrogen-bond acceptors (Lipinski definition) is 3. The Morgan fingerprint density at radius 3 is 2.34 bits per heavy atom. The van der Waals surface area contributed by atoms with Crippen LogP contribution < -0.4 is 10.6 Å². The van der Waals surface area contributed by atoms with Crippen LogP contribution in [-0.4, -0.2) is 42.3 Å². The van der Waals surface area contributed by atoms with E-state index in [1.54, 1.807) is 0 Å². The predicted octanol–water partition coefficient (Wildman–Crippen LogP) is 3.11. The fraction of sp³-hybridized carbons (Fsp3) is 0.609. The average molecular weight is 402 g/mol. The van der Waals surface area contributed by atoms with Gasteiger partial charge >= 0.3 is 0 Å². The van der Waals surface area contributed by atoms with E-state index in [9.17, 15) is 14.4 Å². The number of carbonyl (C=O) groups excluding carboxylic acids is 3. The molecule has 1 aliphatic heterocycles. The fourth-order valence-corrected chi connectivity index (χ4v) is 3.72. The molecule has 1 unspecified atom stereocenters. The van der Waals surface area contributed by atoms with Gasteiger partial charge in [-0.2, -0.15) is 0 Å². The van der Waals surface area contributed by atoms with E-state index in [-0.39, 0.29) is 36.1 Å². The van der Waals surface area contributed by atoms with Crippen molar-refractivity contribution in [1.29, 1.82) is 0 Å². The Balaban J connectivity index is 1.86. The zero-order valence-electron chi connectivity index (χ0n) is 18.0. The Morgan fingerprint density at radius 2 is 1.76 bits per heavy atom. The topological polar surface area (TPSA) is 78.5 Å². The van der Waals surface area contributed by atoms with Crippen molar-refractivity contribution < 1.29 is 14.4 Å². The summed E-state index contributed by atoms with van der Waals surface area (Å²) in [6, 6.07) is 7.55. The quantitative estimate of drug-likeness (QED) is 0.624. The number of nitrogens with one attached hydrogen (secondary N) is 2. The van der Waals surface area contributed by atoms with Gasteiger partial charge in [0, 0.05) is 32.5 Å². The van der Waals surface area contributed by atoms with Gasteiger partial charge in [-0.15, -0.1) is 0 Å². The molecular weight excluding hydrogens is 366 g/mol. The summed E-state index contributed by atoms with van der Waals surface area (Å²) >= 11 is 0. The molecule has 1 saturated heterocycles. The average Bonchev–Trinajstić information content (AvgIpc) is 2.71. The van der Waals surface area contributed by atoms with Gasteiger partial charge in [-0.05, 0) is 31.7 Å². The van der Waals surface area contributed by atoms with Crippen LogP contribution in [-0.2, 0) is 14.4 Å². The molecule has 29 heavy (non-hydrogen) atoms. The lowest BCUT2D eigenvalue weighted by Crippen LogP contribution is -2.44. The summed E-state index contributed by atoms with van der Waals surface area (Å²) in [5.74, 6) is -0.0270. The summed E-state index contributed by atoms with van der Waals surface area (Å²) in [7, 11) is 0. The third-order valence-corrected chi connectivity index (χ3v) is 5.53. The van der Waals surface area contributed by atoms with Crippen molar-refractivity contribution in [3.05, 3.63) is 35.4 Å². The minimum absolute atomic E-state index is 0.0103. The molecule has 1 fully saturated rings. The van der Waals surface area contributed by atoms with Crippen molar-refractivity contribution in [2.75, 3.05) is 19.6 Å². The minimum atomic E-state index is -0.333. The second-order valence-corrected chi connectivity index (χ2v) is 8.02. The number of benzene rings is 1. The lowest BCUT2D eigenvalue weighted by Gasteiger charge is -2.32. The summed E-state index contributed by atoms with van der Waals surface area (Å²) in [5.41, 5.74) is 2.07. The summed E-state index contributed by atoms with van der Waals surface area (Å²) < 4.78 is 0. The highest BCUT2D eigenvalue weighted by Gasteiger charge is 2.28. The molecule has 0 saturated carbocycles. The van der Waals surface area contributed by atoms with Gasteiger partial charge in [0.25, 0.3) is 0 Å². The van der Waals surface area contributed by atoms with Gasteiger partial charge in [0.05, 0.1) is 12.5 Å². The molecule has 0 spiro atoms. The van der Waals surface area contributed by atoms with Crippen molar-refractivity contribution in [3.63, 3.8) is 0 Å². The van der Waals surface area contributed by atoms with Crippen molar-refractivity contribution in [1.82, 2.24) is 15.5 Å². The number of carbonyl (C=O) groups is 3. The van der Waals surface area contributed by atoms with E-state index in [1.807, 2.05) is 36.1 Å². The van der Waals surface area contributed by atoms with Crippen LogP contribution in [0.4, 0.5) is 0 Å². The zero-order chi connectivity index (χ0) is 21.2. The Labute approximate surface area is 174 Å². The van der Waals surface area contributed by atoms with Crippen molar-refractivity contribution in [2.24, 2.45) is 5.92 Å². The highest BCUT2D eigenvalue weighted by Crippen LogP contribution is 2.22. The first-order chi connectivity index (χ1) is 13.9. The molecule has 6 heteroatoms. The van der Waals surface area contributed by atoms with Crippen LogP contribution in [0.2, 0.25) is 0 Å². The lowest BCUT2D eigenvalue weighted by atomic mass is 9.95. The van der Waals surface area contributed by atoms with Gasteiger partial charge in [-0.3, -0.25) is 14.4 Å². The standard InChI is InChI=1S/C23H35N3O3/c1-4-5-6-13-24-23(29)20-11-14-26(15-12-20)22(28)16-21(25-18(3)27)19-9-7-17(2)8-10-19/h7-10,20-21H,4-6,11-16H2,1-3H3,(H,24,29)(H,25,27). The van der Waals surface area contributed by atoms with Gasteiger partial charge in [-0.25, -0.2) is 0 Å². The number of aryl methyl sites for hydroxylation is 1. The van der Waals surface area contributed by atoms with Gasteiger partial charge in [-0.1, -0.05) is 49.6 Å². The van der Waals surface area contributed by atoms with Crippen LogP contribution in [0.15, 0.2) is 24.3 Å². The third-order valence-electron chi connectivity index (χ3n) is 5.53. The molecule has 1 aromatic rings. The maximum absolute atomic E-state index is 12.8. The summed E-state index contributed by atoms with van der Waals surface area (Å²) in [4.78, 5) is 38.6. The molecule has 0 aromatic heterocycles. The highest BCUT2D eigenvalue weighted by atomic mass is 16.2. The van der Waals surface area contributed by atoms with Crippen LogP contribution >= 0.6 is 0 Å². The first kappa shape index (κ1) is 22.9. The summed E-state index contributed by atoms with van der Waals surface area (Å²) in [6.45, 7) is 7.53. The molecule has 0 bridgehead atoms. The van der Waals surface area contributed by atoms with Gasteiger partial charge in [0.2, 0.25) is 17.7 Å². The number of hydrogen-bond donors (Lipinski definition) is 2. The maximum atomic E-state index is 12.8. The second-order valence-electron chi connectivity index (χ2n) is 8.02. The van der Waals surface area contributed by atoms with Gasteiger partial charge in [0.15, 0.2) is 0 Å². The first-order valence-electron chi connectivity index (χ1n) is 10.8. The molecule has 1 aromatic carbocycles. The Kier molecular flexibility index (Phi) is 9.16. The summed E-state index contributed by atoms with van der Waals surface area (Å²) in [5, 5.41) is 5.92. The molecule has 0 aliphatic carbocycles. The molecule has 1 aliphatic rings. The number of likely N-dealkylation sites (tertiary alicyclic amines) is 1. The number of rotatable bonds is 9. The smallest absolute Gasteiger partial charge is 0.224 e. The van der Waals surface area contributed by atoms with Crippen LogP contribution in [0.5, 0.6) is 0 Å². The molecule has 6 nitrogen and oxygen atoms in total. The zero-order valence-corrected chi connectivity index (χ0v) is 18.0. The van der Waals surface area contributed by atoms with Crippen LogP contribution in [0.3, 0.4) is 0 Å². The fourth-order valence-electron chi connectivity index (χ4n) is 3.72. The predicted molar refractivity (Wildman–Crippen MR) is 114 cm³/mol. The number of piperidine rings is 1. The van der Waals surface area contributed by atoms with E-state index in [1.165, 1.54) is 6.92 Å². The van der Waals surface area contributed by atoms with Crippen molar-refractivity contribution in [2.45, 2.75) is 65.3 Å². The first-order valence-corrected chi connectivity index (χ1v) is 10.8. The van der Waals surface area contributed by atoms with Crippen LogP contribution in [0.25, 0.3) is 0 Å². The van der Waals surface area contributed by atoms with Gasteiger partial charge in [0.1, 0.15) is 0 Å². The third kappa shape index (κ3) is 7.52. The molecule has 1 heterocycles.